The smallest absolute Gasteiger partial charge is 0.293 e. The van der Waals surface area contributed by atoms with Crippen molar-refractivity contribution in [3.8, 4) is 11.3 Å². The van der Waals surface area contributed by atoms with Crippen LogP contribution < -0.4 is 5.32 Å². The van der Waals surface area contributed by atoms with Crippen LogP contribution in [0, 0.1) is 13.8 Å². The topological polar surface area (TPSA) is 72.2 Å². The first-order valence-electron chi connectivity index (χ1n) is 7.40. The Morgan fingerprint density at radius 3 is 2.38 bits per heavy atom. The van der Waals surface area contributed by atoms with Crippen molar-refractivity contribution in [1.82, 2.24) is 4.98 Å². The summed E-state index contributed by atoms with van der Waals surface area (Å²) < 4.78 is 5.62. The molecule has 5 nitrogen and oxygen atoms in total. The van der Waals surface area contributed by atoms with Crippen LogP contribution in [-0.2, 0) is 0 Å². The lowest BCUT2D eigenvalue weighted by atomic mass is 10.1. The molecule has 0 aliphatic rings. The number of furan rings is 1. The van der Waals surface area contributed by atoms with E-state index in [1.165, 1.54) is 18.3 Å². The van der Waals surface area contributed by atoms with Gasteiger partial charge in [-0.1, -0.05) is 24.3 Å². The zero-order valence-electron chi connectivity index (χ0n) is 13.5. The number of ketones is 1. The van der Waals surface area contributed by atoms with Crippen molar-refractivity contribution in [2.75, 3.05) is 5.32 Å². The zero-order valence-corrected chi connectivity index (χ0v) is 14.4. The molecular formula is C18H16N2O3S. The molecule has 0 spiro atoms. The zero-order chi connectivity index (χ0) is 17.3. The SMILES string of the molecule is CC(=O)c1ccc(-c2ccc(C(=O)Nc3nc(C)c(C)s3)o2)cc1. The Hall–Kier alpha value is -2.73. The molecule has 6 heteroatoms. The third-order valence-corrected chi connectivity index (χ3v) is 4.64. The molecule has 122 valence electrons. The number of rotatable bonds is 4. The second-order valence-corrected chi connectivity index (χ2v) is 6.62. The standard InChI is InChI=1S/C18H16N2O3S/c1-10-12(3)24-18(19-10)20-17(22)16-9-8-15(23-16)14-6-4-13(5-7-14)11(2)21/h4-9H,1-3H3,(H,19,20,22). The van der Waals surface area contributed by atoms with Gasteiger partial charge in [0, 0.05) is 16.0 Å². The van der Waals surface area contributed by atoms with Crippen LogP contribution in [0.4, 0.5) is 5.13 Å². The molecule has 0 saturated carbocycles. The summed E-state index contributed by atoms with van der Waals surface area (Å²) in [6.07, 6.45) is 0. The van der Waals surface area contributed by atoms with Crippen LogP contribution in [-0.4, -0.2) is 16.7 Å². The molecule has 0 bridgehead atoms. The molecule has 0 radical (unpaired) electrons. The number of amides is 1. The van der Waals surface area contributed by atoms with Gasteiger partial charge < -0.3 is 4.42 Å². The van der Waals surface area contributed by atoms with Gasteiger partial charge in [-0.05, 0) is 32.9 Å². The van der Waals surface area contributed by atoms with Gasteiger partial charge in [-0.25, -0.2) is 4.98 Å². The Morgan fingerprint density at radius 1 is 1.08 bits per heavy atom. The lowest BCUT2D eigenvalue weighted by Gasteiger charge is -2.00. The summed E-state index contributed by atoms with van der Waals surface area (Å²) in [7, 11) is 0. The van der Waals surface area contributed by atoms with E-state index < -0.39 is 0 Å². The summed E-state index contributed by atoms with van der Waals surface area (Å²) >= 11 is 1.43. The van der Waals surface area contributed by atoms with Crippen molar-refractivity contribution in [3.63, 3.8) is 0 Å². The number of hydrogen-bond acceptors (Lipinski definition) is 5. The van der Waals surface area contributed by atoms with Crippen LogP contribution in [0.2, 0.25) is 0 Å². The predicted molar refractivity (Wildman–Crippen MR) is 93.7 cm³/mol. The first-order chi connectivity index (χ1) is 11.4. The summed E-state index contributed by atoms with van der Waals surface area (Å²) in [5.74, 6) is 0.457. The van der Waals surface area contributed by atoms with Gasteiger partial charge in [0.15, 0.2) is 16.7 Å². The second-order valence-electron chi connectivity index (χ2n) is 5.41. The molecule has 2 heterocycles. The molecule has 2 aromatic heterocycles. The van der Waals surface area contributed by atoms with E-state index in [0.29, 0.717) is 16.5 Å². The maximum atomic E-state index is 12.2. The number of anilines is 1. The Kier molecular flexibility index (Phi) is 4.31. The highest BCUT2D eigenvalue weighted by atomic mass is 32.1. The van der Waals surface area contributed by atoms with Crippen LogP contribution in [0.1, 0.15) is 38.4 Å². The fraction of sp³-hybridized carbons (Fsp3) is 0.167. The average molecular weight is 340 g/mol. The molecular weight excluding hydrogens is 324 g/mol. The largest absolute Gasteiger partial charge is 0.451 e. The molecule has 0 aliphatic heterocycles. The van der Waals surface area contributed by atoms with E-state index in [4.69, 9.17) is 4.42 Å². The van der Waals surface area contributed by atoms with Crippen LogP contribution in [0.25, 0.3) is 11.3 Å². The highest BCUT2D eigenvalue weighted by Gasteiger charge is 2.15. The molecule has 0 fully saturated rings. The van der Waals surface area contributed by atoms with E-state index in [2.05, 4.69) is 10.3 Å². The molecule has 0 aliphatic carbocycles. The molecule has 3 aromatic rings. The number of aryl methyl sites for hydroxylation is 2. The van der Waals surface area contributed by atoms with Crippen molar-refractivity contribution < 1.29 is 14.0 Å². The Labute approximate surface area is 143 Å². The highest BCUT2D eigenvalue weighted by molar-refractivity contribution is 7.15. The van der Waals surface area contributed by atoms with E-state index in [0.717, 1.165) is 16.1 Å². The van der Waals surface area contributed by atoms with Gasteiger partial charge in [0.2, 0.25) is 0 Å². The third kappa shape index (κ3) is 3.28. The number of carbonyl (C=O) groups excluding carboxylic acids is 2. The van der Waals surface area contributed by atoms with Gasteiger partial charge in [-0.2, -0.15) is 0 Å². The summed E-state index contributed by atoms with van der Waals surface area (Å²) in [6, 6.07) is 10.4. The minimum absolute atomic E-state index is 0.00935. The van der Waals surface area contributed by atoms with Crippen molar-refractivity contribution in [1.29, 1.82) is 0 Å². The summed E-state index contributed by atoms with van der Waals surface area (Å²) in [5.41, 5.74) is 2.35. The maximum absolute atomic E-state index is 12.2. The van der Waals surface area contributed by atoms with Crippen LogP contribution >= 0.6 is 11.3 Å². The minimum Gasteiger partial charge on any atom is -0.451 e. The quantitative estimate of drug-likeness (QED) is 0.711. The van der Waals surface area contributed by atoms with Gasteiger partial charge >= 0.3 is 0 Å². The van der Waals surface area contributed by atoms with E-state index >= 15 is 0 Å². The molecule has 0 atom stereocenters. The maximum Gasteiger partial charge on any atom is 0.293 e. The molecule has 1 amide bonds. The molecule has 3 rings (SSSR count). The Bertz CT molecular complexity index is 887. The van der Waals surface area contributed by atoms with Crippen LogP contribution in [0.5, 0.6) is 0 Å². The van der Waals surface area contributed by atoms with Gasteiger partial charge in [-0.3, -0.25) is 14.9 Å². The lowest BCUT2D eigenvalue weighted by molar-refractivity contribution is 0.0994. The number of Topliss-reactive ketones (excluding diaryl/α,β-unsaturated/α-hetero) is 1. The van der Waals surface area contributed by atoms with E-state index in [9.17, 15) is 9.59 Å². The van der Waals surface area contributed by atoms with Crippen molar-refractivity contribution >= 4 is 28.2 Å². The van der Waals surface area contributed by atoms with Crippen LogP contribution in [0.3, 0.4) is 0 Å². The normalized spacial score (nSPS) is 10.6. The number of carbonyl (C=O) groups is 2. The van der Waals surface area contributed by atoms with Crippen molar-refractivity contribution in [3.05, 3.63) is 58.3 Å². The van der Waals surface area contributed by atoms with E-state index in [1.54, 1.807) is 36.4 Å². The predicted octanol–water partition coefficient (Wildman–Crippen LogP) is 4.47. The van der Waals surface area contributed by atoms with Gasteiger partial charge in [0.1, 0.15) is 5.76 Å². The summed E-state index contributed by atoms with van der Waals surface area (Å²) in [6.45, 7) is 5.38. The minimum atomic E-state index is -0.338. The van der Waals surface area contributed by atoms with Crippen molar-refractivity contribution in [2.24, 2.45) is 0 Å². The van der Waals surface area contributed by atoms with Gasteiger partial charge in [-0.15, -0.1) is 11.3 Å². The first-order valence-corrected chi connectivity index (χ1v) is 8.22. The number of hydrogen-bond donors (Lipinski definition) is 1. The van der Waals surface area contributed by atoms with Gasteiger partial charge in [0.05, 0.1) is 5.69 Å². The summed E-state index contributed by atoms with van der Waals surface area (Å²) in [4.78, 5) is 28.9. The molecule has 0 saturated heterocycles. The van der Waals surface area contributed by atoms with Crippen LogP contribution in [0.15, 0.2) is 40.8 Å². The fourth-order valence-electron chi connectivity index (χ4n) is 2.17. The molecule has 1 aromatic carbocycles. The number of aromatic nitrogens is 1. The van der Waals surface area contributed by atoms with E-state index in [-0.39, 0.29) is 17.5 Å². The highest BCUT2D eigenvalue weighted by Crippen LogP contribution is 2.25. The number of thiazole rings is 1. The van der Waals surface area contributed by atoms with E-state index in [1.807, 2.05) is 13.8 Å². The fourth-order valence-corrected chi connectivity index (χ4v) is 2.98. The average Bonchev–Trinajstić information content (AvgIpc) is 3.15. The second kappa shape index (κ2) is 6.41. The molecule has 24 heavy (non-hydrogen) atoms. The first kappa shape index (κ1) is 16.1. The van der Waals surface area contributed by atoms with Gasteiger partial charge in [0.25, 0.3) is 5.91 Å². The number of benzene rings is 1. The number of nitrogens with zero attached hydrogens (tertiary/aromatic N) is 1. The summed E-state index contributed by atoms with van der Waals surface area (Å²) in [5, 5.41) is 3.29. The monoisotopic (exact) mass is 340 g/mol. The molecule has 1 N–H and O–H groups in total. The third-order valence-electron chi connectivity index (χ3n) is 3.65. The Morgan fingerprint density at radius 2 is 1.79 bits per heavy atom. The lowest BCUT2D eigenvalue weighted by Crippen LogP contribution is -2.10. The Balaban J connectivity index is 1.77. The molecule has 0 unspecified atom stereocenters. The van der Waals surface area contributed by atoms with Crippen molar-refractivity contribution in [2.45, 2.75) is 20.8 Å². The number of nitrogens with one attached hydrogen (secondary N) is 1.